The second-order valence-electron chi connectivity index (χ2n) is 5.91. The Kier molecular flexibility index (Phi) is 5.02. The highest BCUT2D eigenvalue weighted by Gasteiger charge is 1.99. The van der Waals surface area contributed by atoms with Gasteiger partial charge in [0.15, 0.2) is 0 Å². The molecule has 0 bridgehead atoms. The highest BCUT2D eigenvalue weighted by Crippen LogP contribution is 2.23. The summed E-state index contributed by atoms with van der Waals surface area (Å²) in [7, 11) is 0. The van der Waals surface area contributed by atoms with E-state index in [0.29, 0.717) is 0 Å². The van der Waals surface area contributed by atoms with Crippen LogP contribution in [0.25, 0.3) is 0 Å². The van der Waals surface area contributed by atoms with E-state index in [4.69, 9.17) is 16.2 Å². The minimum Gasteiger partial charge on any atom is -0.457 e. The second-order valence-corrected chi connectivity index (χ2v) is 5.91. The molecule has 0 amide bonds. The van der Waals surface area contributed by atoms with Crippen molar-refractivity contribution in [1.29, 1.82) is 0 Å². The molecule has 0 atom stereocenters. The van der Waals surface area contributed by atoms with E-state index in [1.165, 1.54) is 11.1 Å². The highest BCUT2D eigenvalue weighted by atomic mass is 16.5. The van der Waals surface area contributed by atoms with E-state index in [-0.39, 0.29) is 0 Å². The van der Waals surface area contributed by atoms with Gasteiger partial charge in [-0.05, 0) is 78.9 Å². The summed E-state index contributed by atoms with van der Waals surface area (Å²) < 4.78 is 5.81. The summed E-state index contributed by atoms with van der Waals surface area (Å²) in [5, 5.41) is 0. The number of rotatable bonds is 6. The van der Waals surface area contributed by atoms with Crippen LogP contribution >= 0.6 is 0 Å². The first-order chi connectivity index (χ1) is 11.7. The lowest BCUT2D eigenvalue weighted by molar-refractivity contribution is 0.482. The summed E-state index contributed by atoms with van der Waals surface area (Å²) >= 11 is 0. The van der Waals surface area contributed by atoms with Gasteiger partial charge in [-0.15, -0.1) is 0 Å². The zero-order valence-corrected chi connectivity index (χ0v) is 13.6. The molecule has 0 aromatic heterocycles. The third-order valence-electron chi connectivity index (χ3n) is 3.95. The zero-order valence-electron chi connectivity index (χ0n) is 13.6. The van der Waals surface area contributed by atoms with Crippen LogP contribution < -0.4 is 16.2 Å². The van der Waals surface area contributed by atoms with Gasteiger partial charge >= 0.3 is 0 Å². The molecule has 0 radical (unpaired) electrons. The molecule has 0 saturated carbocycles. The molecule has 3 rings (SSSR count). The van der Waals surface area contributed by atoms with Crippen LogP contribution in [0.2, 0.25) is 0 Å². The van der Waals surface area contributed by atoms with Crippen molar-refractivity contribution in [3.8, 4) is 11.5 Å². The predicted octanol–water partition coefficient (Wildman–Crippen LogP) is 4.82. The minimum atomic E-state index is 0.735. The standard InChI is InChI=1S/C21H22N2O/c22-18-8-4-16(5-9-18)2-1-3-17-6-12-20(13-7-17)24-21-14-10-19(23)11-15-21/h4-15H,1-3,22-23H2. The molecule has 0 aliphatic carbocycles. The Morgan fingerprint density at radius 2 is 0.917 bits per heavy atom. The molecule has 3 heteroatoms. The Hall–Kier alpha value is -2.94. The van der Waals surface area contributed by atoms with Crippen molar-refractivity contribution in [1.82, 2.24) is 0 Å². The number of hydrogen-bond donors (Lipinski definition) is 2. The van der Waals surface area contributed by atoms with E-state index in [9.17, 15) is 0 Å². The fraction of sp³-hybridized carbons (Fsp3) is 0.143. The zero-order chi connectivity index (χ0) is 16.8. The van der Waals surface area contributed by atoms with E-state index < -0.39 is 0 Å². The van der Waals surface area contributed by atoms with Crippen LogP contribution in [0.1, 0.15) is 17.5 Å². The van der Waals surface area contributed by atoms with E-state index >= 15 is 0 Å². The normalized spacial score (nSPS) is 10.5. The fourth-order valence-corrected chi connectivity index (χ4v) is 2.58. The lowest BCUT2D eigenvalue weighted by Gasteiger charge is -2.07. The van der Waals surface area contributed by atoms with Gasteiger partial charge in [0.25, 0.3) is 0 Å². The number of nitrogens with two attached hydrogens (primary N) is 2. The van der Waals surface area contributed by atoms with Crippen LogP contribution in [-0.4, -0.2) is 0 Å². The van der Waals surface area contributed by atoms with Crippen molar-refractivity contribution in [2.45, 2.75) is 19.3 Å². The average molecular weight is 318 g/mol. The molecule has 3 aromatic carbocycles. The molecular weight excluding hydrogens is 296 g/mol. The summed E-state index contributed by atoms with van der Waals surface area (Å²) in [5.74, 6) is 1.63. The van der Waals surface area contributed by atoms with Crippen molar-refractivity contribution in [3.63, 3.8) is 0 Å². The third kappa shape index (κ3) is 4.53. The number of anilines is 2. The van der Waals surface area contributed by atoms with Crippen LogP contribution in [0.5, 0.6) is 11.5 Å². The molecule has 0 heterocycles. The molecule has 0 aliphatic rings. The lowest BCUT2D eigenvalue weighted by Crippen LogP contribution is -1.92. The van der Waals surface area contributed by atoms with E-state index in [1.807, 2.05) is 48.5 Å². The first-order valence-electron chi connectivity index (χ1n) is 8.16. The van der Waals surface area contributed by atoms with Gasteiger partial charge in [0.05, 0.1) is 0 Å². The lowest BCUT2D eigenvalue weighted by atomic mass is 10.0. The highest BCUT2D eigenvalue weighted by molar-refractivity contribution is 5.43. The molecule has 0 saturated heterocycles. The van der Waals surface area contributed by atoms with Gasteiger partial charge in [-0.3, -0.25) is 0 Å². The Morgan fingerprint density at radius 1 is 0.542 bits per heavy atom. The van der Waals surface area contributed by atoms with Crippen molar-refractivity contribution in [2.24, 2.45) is 0 Å². The van der Waals surface area contributed by atoms with Crippen molar-refractivity contribution < 1.29 is 4.74 Å². The van der Waals surface area contributed by atoms with Crippen LogP contribution in [0.4, 0.5) is 11.4 Å². The molecule has 122 valence electrons. The molecule has 0 aliphatic heterocycles. The molecule has 0 unspecified atom stereocenters. The molecule has 4 N–H and O–H groups in total. The average Bonchev–Trinajstić information content (AvgIpc) is 2.60. The van der Waals surface area contributed by atoms with Gasteiger partial charge in [-0.2, -0.15) is 0 Å². The maximum Gasteiger partial charge on any atom is 0.127 e. The molecule has 3 nitrogen and oxygen atoms in total. The number of hydrogen-bond acceptors (Lipinski definition) is 3. The Morgan fingerprint density at radius 3 is 1.42 bits per heavy atom. The number of aryl methyl sites for hydroxylation is 2. The first kappa shape index (κ1) is 15.9. The summed E-state index contributed by atoms with van der Waals surface area (Å²) in [4.78, 5) is 0. The van der Waals surface area contributed by atoms with Crippen molar-refractivity contribution >= 4 is 11.4 Å². The largest absolute Gasteiger partial charge is 0.457 e. The van der Waals surface area contributed by atoms with Gasteiger partial charge in [-0.25, -0.2) is 0 Å². The second kappa shape index (κ2) is 7.55. The van der Waals surface area contributed by atoms with E-state index in [1.54, 1.807) is 0 Å². The number of benzene rings is 3. The van der Waals surface area contributed by atoms with Crippen LogP contribution in [0.15, 0.2) is 72.8 Å². The quantitative estimate of drug-likeness (QED) is 0.641. The first-order valence-corrected chi connectivity index (χ1v) is 8.16. The number of ether oxygens (including phenoxy) is 1. The third-order valence-corrected chi connectivity index (χ3v) is 3.95. The molecule has 0 spiro atoms. The molecule has 24 heavy (non-hydrogen) atoms. The molecular formula is C21H22N2O. The Balaban J connectivity index is 1.50. The predicted molar refractivity (Wildman–Crippen MR) is 100 cm³/mol. The van der Waals surface area contributed by atoms with Crippen molar-refractivity contribution in [3.05, 3.63) is 83.9 Å². The summed E-state index contributed by atoms with van der Waals surface area (Å²) in [6.07, 6.45) is 3.22. The summed E-state index contributed by atoms with van der Waals surface area (Å²) in [6.45, 7) is 0. The fourth-order valence-electron chi connectivity index (χ4n) is 2.58. The maximum absolute atomic E-state index is 5.81. The van der Waals surface area contributed by atoms with Gasteiger partial charge in [-0.1, -0.05) is 24.3 Å². The van der Waals surface area contributed by atoms with Gasteiger partial charge in [0.1, 0.15) is 11.5 Å². The summed E-state index contributed by atoms with van der Waals surface area (Å²) in [6, 6.07) is 23.8. The topological polar surface area (TPSA) is 61.3 Å². The van der Waals surface area contributed by atoms with Crippen LogP contribution in [-0.2, 0) is 12.8 Å². The summed E-state index contributed by atoms with van der Waals surface area (Å²) in [5.41, 5.74) is 15.6. The van der Waals surface area contributed by atoms with Gasteiger partial charge in [0, 0.05) is 11.4 Å². The smallest absolute Gasteiger partial charge is 0.127 e. The van der Waals surface area contributed by atoms with Crippen molar-refractivity contribution in [2.75, 3.05) is 11.5 Å². The molecule has 3 aromatic rings. The number of nitrogen functional groups attached to an aromatic ring is 2. The SMILES string of the molecule is Nc1ccc(CCCc2ccc(Oc3ccc(N)cc3)cc2)cc1. The molecule has 0 fully saturated rings. The van der Waals surface area contributed by atoms with Gasteiger partial charge < -0.3 is 16.2 Å². The van der Waals surface area contributed by atoms with Crippen LogP contribution in [0, 0.1) is 0 Å². The van der Waals surface area contributed by atoms with E-state index in [2.05, 4.69) is 24.3 Å². The van der Waals surface area contributed by atoms with Crippen LogP contribution in [0.3, 0.4) is 0 Å². The maximum atomic E-state index is 5.81. The van der Waals surface area contributed by atoms with E-state index in [0.717, 1.165) is 42.1 Å². The Bertz CT molecular complexity index is 762. The monoisotopic (exact) mass is 318 g/mol. The minimum absolute atomic E-state index is 0.735. The Labute approximate surface area is 142 Å². The van der Waals surface area contributed by atoms with Gasteiger partial charge in [0.2, 0.25) is 0 Å².